The molecule has 0 aromatic carbocycles. The molecule has 0 aliphatic carbocycles. The number of urea groups is 1. The molecule has 0 atom stereocenters. The van der Waals surface area contributed by atoms with Crippen LogP contribution < -0.4 is 5.32 Å². The van der Waals surface area contributed by atoms with Crippen LogP contribution in [0.15, 0.2) is 0 Å². The van der Waals surface area contributed by atoms with E-state index in [1.54, 1.807) is 18.7 Å². The third kappa shape index (κ3) is 4.37. The molecule has 1 aliphatic rings. The molecule has 0 spiro atoms. The molecule has 2 N–H and O–H groups in total. The molecule has 1 fully saturated rings. The summed E-state index contributed by atoms with van der Waals surface area (Å²) in [5, 5.41) is 11.7. The molecule has 1 rings (SSSR count). The Morgan fingerprint density at radius 2 is 1.65 bits per heavy atom. The van der Waals surface area contributed by atoms with E-state index in [1.165, 1.54) is 0 Å². The minimum Gasteiger partial charge on any atom is -0.481 e. The molecule has 1 saturated heterocycles. The van der Waals surface area contributed by atoms with Crippen LogP contribution in [0, 0.1) is 5.41 Å². The summed E-state index contributed by atoms with van der Waals surface area (Å²) in [5.41, 5.74) is -1.81. The van der Waals surface area contributed by atoms with Crippen LogP contribution in [0.5, 0.6) is 0 Å². The van der Waals surface area contributed by atoms with Crippen molar-refractivity contribution >= 4 is 12.0 Å². The van der Waals surface area contributed by atoms with Crippen molar-refractivity contribution in [2.45, 2.75) is 52.7 Å². The van der Waals surface area contributed by atoms with Crippen LogP contribution in [0.3, 0.4) is 0 Å². The summed E-state index contributed by atoms with van der Waals surface area (Å²) in [6.07, 6.45) is 0. The van der Waals surface area contributed by atoms with Gasteiger partial charge in [0.1, 0.15) is 0 Å². The van der Waals surface area contributed by atoms with Crippen molar-refractivity contribution in [3.63, 3.8) is 0 Å². The highest BCUT2D eigenvalue weighted by molar-refractivity contribution is 5.77. The minimum absolute atomic E-state index is 0.0966. The van der Waals surface area contributed by atoms with Gasteiger partial charge in [0.05, 0.1) is 29.7 Å². The zero-order valence-corrected chi connectivity index (χ0v) is 13.2. The Hall–Kier alpha value is -1.30. The van der Waals surface area contributed by atoms with Crippen molar-refractivity contribution in [1.82, 2.24) is 10.2 Å². The van der Waals surface area contributed by atoms with Gasteiger partial charge in [-0.15, -0.1) is 0 Å². The molecule has 0 aromatic rings. The van der Waals surface area contributed by atoms with Crippen LogP contribution in [-0.4, -0.2) is 52.8 Å². The van der Waals surface area contributed by atoms with Crippen molar-refractivity contribution in [2.75, 3.05) is 19.6 Å². The van der Waals surface area contributed by atoms with Crippen LogP contribution in [0.1, 0.15) is 41.5 Å². The Morgan fingerprint density at radius 3 is 2.05 bits per heavy atom. The fourth-order valence-electron chi connectivity index (χ4n) is 2.42. The first kappa shape index (κ1) is 16.8. The molecule has 0 aromatic heterocycles. The molecule has 6 heteroatoms. The van der Waals surface area contributed by atoms with Crippen molar-refractivity contribution in [3.8, 4) is 0 Å². The summed E-state index contributed by atoms with van der Waals surface area (Å²) >= 11 is 0. The third-order valence-electron chi connectivity index (χ3n) is 3.24. The first-order valence-corrected chi connectivity index (χ1v) is 6.81. The summed E-state index contributed by atoms with van der Waals surface area (Å²) in [7, 11) is 0. The zero-order chi connectivity index (χ0) is 15.8. The van der Waals surface area contributed by atoms with Gasteiger partial charge in [-0.2, -0.15) is 0 Å². The fraction of sp³-hybridized carbons (Fsp3) is 0.857. The molecule has 0 unspecified atom stereocenters. The highest BCUT2D eigenvalue weighted by Gasteiger charge is 2.40. The number of ether oxygens (including phenoxy) is 1. The second-order valence-electron chi connectivity index (χ2n) is 7.33. The molecule has 116 valence electrons. The fourth-order valence-corrected chi connectivity index (χ4v) is 2.42. The largest absolute Gasteiger partial charge is 0.481 e. The van der Waals surface area contributed by atoms with Crippen LogP contribution in [0.2, 0.25) is 0 Å². The van der Waals surface area contributed by atoms with Gasteiger partial charge in [-0.25, -0.2) is 4.79 Å². The molecular weight excluding hydrogens is 260 g/mol. The highest BCUT2D eigenvalue weighted by atomic mass is 16.5. The van der Waals surface area contributed by atoms with Crippen molar-refractivity contribution in [1.29, 1.82) is 0 Å². The van der Waals surface area contributed by atoms with Gasteiger partial charge in [-0.3, -0.25) is 4.79 Å². The zero-order valence-electron chi connectivity index (χ0n) is 13.2. The van der Waals surface area contributed by atoms with E-state index in [4.69, 9.17) is 9.84 Å². The smallest absolute Gasteiger partial charge is 0.317 e. The van der Waals surface area contributed by atoms with Gasteiger partial charge >= 0.3 is 12.0 Å². The number of nitrogens with zero attached hydrogens (tertiary/aromatic N) is 1. The lowest BCUT2D eigenvalue weighted by Gasteiger charge is -2.47. The number of carboxylic acids is 1. The Labute approximate surface area is 120 Å². The molecule has 0 radical (unpaired) electrons. The number of hydrogen-bond acceptors (Lipinski definition) is 3. The summed E-state index contributed by atoms with van der Waals surface area (Å²) in [4.78, 5) is 24.9. The van der Waals surface area contributed by atoms with Crippen LogP contribution >= 0.6 is 0 Å². The lowest BCUT2D eigenvalue weighted by atomic mass is 9.94. The summed E-state index contributed by atoms with van der Waals surface area (Å²) in [5.74, 6) is -0.930. The van der Waals surface area contributed by atoms with E-state index in [9.17, 15) is 9.59 Å². The maximum Gasteiger partial charge on any atom is 0.317 e. The standard InChI is InChI=1S/C14H26N2O4/c1-12(2,10(17)18)7-15-11(19)16-8-13(3,4)20-14(5,6)9-16/h7-9H2,1-6H3,(H,15,19)(H,17,18). The number of hydrogen-bond donors (Lipinski definition) is 2. The van der Waals surface area contributed by atoms with Gasteiger partial charge in [0.15, 0.2) is 0 Å². The number of carbonyl (C=O) groups excluding carboxylic acids is 1. The topological polar surface area (TPSA) is 78.9 Å². The van der Waals surface area contributed by atoms with Crippen molar-refractivity contribution in [2.24, 2.45) is 5.41 Å². The number of morpholine rings is 1. The molecule has 0 saturated carbocycles. The van der Waals surface area contributed by atoms with Crippen LogP contribution in [0.4, 0.5) is 4.79 Å². The van der Waals surface area contributed by atoms with Crippen molar-refractivity contribution < 1.29 is 19.4 Å². The average molecular weight is 286 g/mol. The maximum atomic E-state index is 12.2. The number of rotatable bonds is 3. The molecule has 0 bridgehead atoms. The molecule has 1 heterocycles. The average Bonchev–Trinajstić information content (AvgIpc) is 2.21. The van der Waals surface area contributed by atoms with Crippen LogP contribution in [0.25, 0.3) is 0 Å². The summed E-state index contributed by atoms with van der Waals surface area (Å²) in [6, 6.07) is -0.247. The SMILES string of the molecule is CC1(C)CN(C(=O)NCC(C)(C)C(=O)O)CC(C)(C)O1. The number of amides is 2. The van der Waals surface area contributed by atoms with E-state index in [1.807, 2.05) is 27.7 Å². The highest BCUT2D eigenvalue weighted by Crippen LogP contribution is 2.28. The van der Waals surface area contributed by atoms with E-state index in [-0.39, 0.29) is 12.6 Å². The van der Waals surface area contributed by atoms with Crippen molar-refractivity contribution in [3.05, 3.63) is 0 Å². The normalized spacial score (nSPS) is 21.4. The molecular formula is C14H26N2O4. The minimum atomic E-state index is -0.979. The van der Waals surface area contributed by atoms with E-state index in [2.05, 4.69) is 5.32 Å². The lowest BCUT2D eigenvalue weighted by molar-refractivity contribution is -0.170. The molecule has 20 heavy (non-hydrogen) atoms. The Morgan fingerprint density at radius 1 is 1.20 bits per heavy atom. The summed E-state index contributed by atoms with van der Waals surface area (Å²) in [6.45, 7) is 12.0. The van der Waals surface area contributed by atoms with Gasteiger partial charge in [-0.1, -0.05) is 0 Å². The third-order valence-corrected chi connectivity index (χ3v) is 3.24. The second-order valence-corrected chi connectivity index (χ2v) is 7.33. The Kier molecular flexibility index (Phi) is 4.39. The molecule has 1 aliphatic heterocycles. The van der Waals surface area contributed by atoms with E-state index in [0.717, 1.165) is 0 Å². The lowest BCUT2D eigenvalue weighted by Crippen LogP contribution is -2.61. The Bertz CT molecular complexity index is 386. The monoisotopic (exact) mass is 286 g/mol. The van der Waals surface area contributed by atoms with Gasteiger partial charge in [0.25, 0.3) is 0 Å². The first-order valence-electron chi connectivity index (χ1n) is 6.81. The van der Waals surface area contributed by atoms with Gasteiger partial charge < -0.3 is 20.1 Å². The second kappa shape index (κ2) is 5.24. The summed E-state index contributed by atoms with van der Waals surface area (Å²) < 4.78 is 5.91. The Balaban J connectivity index is 2.66. The van der Waals surface area contributed by atoms with Gasteiger partial charge in [0.2, 0.25) is 0 Å². The maximum absolute atomic E-state index is 12.2. The van der Waals surface area contributed by atoms with Gasteiger partial charge in [0, 0.05) is 6.54 Å². The predicted molar refractivity (Wildman–Crippen MR) is 75.6 cm³/mol. The van der Waals surface area contributed by atoms with E-state index >= 15 is 0 Å². The number of carboxylic acid groups (broad SMARTS) is 1. The van der Waals surface area contributed by atoms with Gasteiger partial charge in [-0.05, 0) is 41.5 Å². The van der Waals surface area contributed by atoms with E-state index < -0.39 is 22.6 Å². The first-order chi connectivity index (χ1) is 8.85. The van der Waals surface area contributed by atoms with E-state index in [0.29, 0.717) is 13.1 Å². The van der Waals surface area contributed by atoms with Crippen LogP contribution in [-0.2, 0) is 9.53 Å². The molecule has 2 amide bonds. The number of carbonyl (C=O) groups is 2. The molecule has 6 nitrogen and oxygen atoms in total. The predicted octanol–water partition coefficient (Wildman–Crippen LogP) is 1.70. The quantitative estimate of drug-likeness (QED) is 0.827. The number of nitrogens with one attached hydrogen (secondary N) is 1. The number of aliphatic carboxylic acids is 1.